The predicted molar refractivity (Wildman–Crippen MR) is 213 cm³/mol. The molecule has 0 radical (unpaired) electrons. The summed E-state index contributed by atoms with van der Waals surface area (Å²) in [4.78, 5) is 9.23. The molecule has 0 aliphatic carbocycles. The van der Waals surface area contributed by atoms with E-state index in [1.165, 1.54) is 10.8 Å². The summed E-state index contributed by atoms with van der Waals surface area (Å²) < 4.78 is 2.38. The van der Waals surface area contributed by atoms with Gasteiger partial charge in [0.25, 0.3) is 0 Å². The molecule has 9 aromatic rings. The van der Waals surface area contributed by atoms with E-state index in [0.29, 0.717) is 0 Å². The van der Waals surface area contributed by atoms with Crippen LogP contribution in [0.25, 0.3) is 38.8 Å². The van der Waals surface area contributed by atoms with Crippen molar-refractivity contribution in [1.29, 1.82) is 0 Å². The van der Waals surface area contributed by atoms with Gasteiger partial charge in [-0.15, -0.1) is 0 Å². The van der Waals surface area contributed by atoms with E-state index in [4.69, 9.17) is 0 Å². The van der Waals surface area contributed by atoms with Crippen molar-refractivity contribution in [2.45, 2.75) is 0 Å². The van der Waals surface area contributed by atoms with Crippen molar-refractivity contribution >= 4 is 55.9 Å². The van der Waals surface area contributed by atoms with Crippen LogP contribution >= 0.6 is 0 Å². The van der Waals surface area contributed by atoms with Crippen molar-refractivity contribution < 1.29 is 0 Å². The monoisotopic (exact) mass is 654 g/mol. The van der Waals surface area contributed by atoms with Gasteiger partial charge in [-0.05, 0) is 109 Å². The van der Waals surface area contributed by atoms with Crippen LogP contribution in [0.2, 0.25) is 0 Å². The zero-order valence-corrected chi connectivity index (χ0v) is 27.9. The number of pyridine rings is 1. The van der Waals surface area contributed by atoms with Crippen LogP contribution in [-0.4, -0.2) is 9.55 Å². The number of anilines is 6. The summed E-state index contributed by atoms with van der Waals surface area (Å²) in [5.41, 5.74) is 12.1. The predicted octanol–water partition coefficient (Wildman–Crippen LogP) is 12.8. The number of hydrogen-bond acceptors (Lipinski definition) is 3. The van der Waals surface area contributed by atoms with E-state index in [1.807, 2.05) is 18.3 Å². The summed E-state index contributed by atoms with van der Waals surface area (Å²) in [5, 5.41) is 2.35. The average Bonchev–Trinajstić information content (AvgIpc) is 3.53. The molecular formula is C47H34N4. The van der Waals surface area contributed by atoms with Crippen molar-refractivity contribution in [3.63, 3.8) is 0 Å². The van der Waals surface area contributed by atoms with E-state index in [0.717, 1.165) is 62.1 Å². The summed E-state index contributed by atoms with van der Waals surface area (Å²) in [7, 11) is 0. The Hall–Kier alpha value is -6.91. The van der Waals surface area contributed by atoms with E-state index in [1.54, 1.807) is 0 Å². The minimum atomic E-state index is 0.962. The maximum atomic E-state index is 4.58. The largest absolute Gasteiger partial charge is 0.310 e. The lowest BCUT2D eigenvalue weighted by Gasteiger charge is -2.26. The van der Waals surface area contributed by atoms with Gasteiger partial charge in [0, 0.05) is 62.3 Å². The van der Waals surface area contributed by atoms with Gasteiger partial charge in [-0.3, -0.25) is 4.98 Å². The maximum Gasteiger partial charge on any atom is 0.0701 e. The lowest BCUT2D eigenvalue weighted by atomic mass is 10.1. The Labute approximate surface area is 297 Å². The SMILES string of the molecule is c1ccc(N(c2ccccc2)c2ccc3c(c2)c2cc(N(c4ccccc4)c4ccccc4)ccc2n3-c2ccc(-c3ccccn3)cc2)cc1. The fraction of sp³-hybridized carbons (Fsp3) is 0. The fourth-order valence-electron chi connectivity index (χ4n) is 7.07. The van der Waals surface area contributed by atoms with Crippen LogP contribution in [0.1, 0.15) is 0 Å². The summed E-state index contributed by atoms with van der Waals surface area (Å²) in [6.45, 7) is 0. The van der Waals surface area contributed by atoms with Crippen LogP contribution in [0, 0.1) is 0 Å². The second-order valence-corrected chi connectivity index (χ2v) is 12.5. The van der Waals surface area contributed by atoms with Gasteiger partial charge in [0.1, 0.15) is 0 Å². The highest BCUT2D eigenvalue weighted by molar-refractivity contribution is 6.12. The third-order valence-corrected chi connectivity index (χ3v) is 9.39. The molecule has 0 aliphatic rings. The first-order valence-electron chi connectivity index (χ1n) is 17.2. The van der Waals surface area contributed by atoms with Crippen molar-refractivity contribution in [3.8, 4) is 16.9 Å². The fourth-order valence-corrected chi connectivity index (χ4v) is 7.07. The summed E-state index contributed by atoms with van der Waals surface area (Å²) in [5.74, 6) is 0. The molecule has 0 fully saturated rings. The molecule has 0 spiro atoms. The first-order chi connectivity index (χ1) is 25.3. The Morgan fingerprint density at radius 3 is 1.16 bits per heavy atom. The molecule has 4 heteroatoms. The van der Waals surface area contributed by atoms with Crippen molar-refractivity contribution in [3.05, 3.63) is 206 Å². The molecule has 2 heterocycles. The van der Waals surface area contributed by atoms with Gasteiger partial charge in [-0.2, -0.15) is 0 Å². The highest BCUT2D eigenvalue weighted by atomic mass is 15.1. The van der Waals surface area contributed by atoms with Crippen LogP contribution in [0.5, 0.6) is 0 Å². The molecule has 0 unspecified atom stereocenters. The zero-order valence-electron chi connectivity index (χ0n) is 27.9. The standard InChI is InChI=1S/C47H34N4/c1-5-15-36(16-6-1)49(37-17-7-2-8-18-37)41-28-30-46-43(33-41)44-34-42(50(38-19-9-3-10-20-38)39-21-11-4-12-22-39)29-31-47(44)51(46)40-26-24-35(25-27-40)45-23-13-14-32-48-45/h1-34H. The number of nitrogens with zero attached hydrogens (tertiary/aromatic N) is 4. The van der Waals surface area contributed by atoms with Crippen molar-refractivity contribution in [1.82, 2.24) is 9.55 Å². The highest BCUT2D eigenvalue weighted by Crippen LogP contribution is 2.42. The molecular weight excluding hydrogens is 621 g/mol. The van der Waals surface area contributed by atoms with Crippen molar-refractivity contribution in [2.24, 2.45) is 0 Å². The Morgan fingerprint density at radius 2 is 0.765 bits per heavy atom. The van der Waals surface area contributed by atoms with Crippen LogP contribution in [0.15, 0.2) is 206 Å². The van der Waals surface area contributed by atoms with Gasteiger partial charge < -0.3 is 14.4 Å². The van der Waals surface area contributed by atoms with E-state index >= 15 is 0 Å². The minimum Gasteiger partial charge on any atom is -0.310 e. The first-order valence-corrected chi connectivity index (χ1v) is 17.2. The summed E-state index contributed by atoms with van der Waals surface area (Å²) in [6.07, 6.45) is 1.84. The van der Waals surface area contributed by atoms with Crippen LogP contribution < -0.4 is 9.80 Å². The quantitative estimate of drug-likeness (QED) is 0.163. The Balaban J connectivity index is 1.28. The normalized spacial score (nSPS) is 11.1. The average molecular weight is 655 g/mol. The highest BCUT2D eigenvalue weighted by Gasteiger charge is 2.20. The first kappa shape index (κ1) is 30.2. The van der Waals surface area contributed by atoms with Crippen LogP contribution in [0.4, 0.5) is 34.1 Å². The second kappa shape index (κ2) is 13.2. The number of aromatic nitrogens is 2. The third kappa shape index (κ3) is 5.69. The molecule has 0 aliphatic heterocycles. The molecule has 0 saturated carbocycles. The molecule has 0 atom stereocenters. The second-order valence-electron chi connectivity index (χ2n) is 12.5. The molecule has 0 bridgehead atoms. The Bertz CT molecular complexity index is 2330. The van der Waals surface area contributed by atoms with Gasteiger partial charge >= 0.3 is 0 Å². The zero-order chi connectivity index (χ0) is 34.0. The molecule has 2 aromatic heterocycles. The number of rotatable bonds is 8. The molecule has 51 heavy (non-hydrogen) atoms. The van der Waals surface area contributed by atoms with Gasteiger partial charge in [0.05, 0.1) is 16.7 Å². The van der Waals surface area contributed by atoms with Gasteiger partial charge in [0.2, 0.25) is 0 Å². The number of hydrogen-bond donors (Lipinski definition) is 0. The Kier molecular flexibility index (Phi) is 7.80. The summed E-state index contributed by atoms with van der Waals surface area (Å²) in [6, 6.07) is 70.8. The van der Waals surface area contributed by atoms with Crippen LogP contribution in [0.3, 0.4) is 0 Å². The van der Waals surface area contributed by atoms with Crippen LogP contribution in [-0.2, 0) is 0 Å². The van der Waals surface area contributed by atoms with Crippen molar-refractivity contribution in [2.75, 3.05) is 9.80 Å². The lowest BCUT2D eigenvalue weighted by molar-refractivity contribution is 1.18. The van der Waals surface area contributed by atoms with E-state index in [2.05, 4.69) is 207 Å². The molecule has 0 saturated heterocycles. The van der Waals surface area contributed by atoms with Gasteiger partial charge in [-0.25, -0.2) is 0 Å². The molecule has 7 aromatic carbocycles. The lowest BCUT2D eigenvalue weighted by Crippen LogP contribution is -2.09. The number of fused-ring (bicyclic) bond motifs is 3. The molecule has 9 rings (SSSR count). The molecule has 4 nitrogen and oxygen atoms in total. The third-order valence-electron chi connectivity index (χ3n) is 9.39. The smallest absolute Gasteiger partial charge is 0.0701 e. The minimum absolute atomic E-state index is 0.962. The number of benzene rings is 7. The Morgan fingerprint density at radius 1 is 0.353 bits per heavy atom. The number of para-hydroxylation sites is 4. The summed E-state index contributed by atoms with van der Waals surface area (Å²) >= 11 is 0. The van der Waals surface area contributed by atoms with E-state index in [9.17, 15) is 0 Å². The van der Waals surface area contributed by atoms with Gasteiger partial charge in [0.15, 0.2) is 0 Å². The molecule has 242 valence electrons. The van der Waals surface area contributed by atoms with E-state index < -0.39 is 0 Å². The maximum absolute atomic E-state index is 4.58. The van der Waals surface area contributed by atoms with E-state index in [-0.39, 0.29) is 0 Å². The van der Waals surface area contributed by atoms with Gasteiger partial charge in [-0.1, -0.05) is 91.0 Å². The molecule has 0 amide bonds. The topological polar surface area (TPSA) is 24.3 Å². The molecule has 0 N–H and O–H groups in total.